The highest BCUT2D eigenvalue weighted by molar-refractivity contribution is 7.14. The van der Waals surface area contributed by atoms with Crippen molar-refractivity contribution in [3.05, 3.63) is 39.6 Å². The summed E-state index contributed by atoms with van der Waals surface area (Å²) in [5, 5.41) is 3.00. The van der Waals surface area contributed by atoms with Crippen LogP contribution in [0.3, 0.4) is 0 Å². The number of hydrogen-bond donors (Lipinski definition) is 1. The van der Waals surface area contributed by atoms with Crippen LogP contribution in [0.5, 0.6) is 11.5 Å². The molecule has 3 rings (SSSR count). The first kappa shape index (κ1) is 18.8. The van der Waals surface area contributed by atoms with Crippen molar-refractivity contribution >= 4 is 22.9 Å². The molecular formula is C21H27NO3S. The number of rotatable bonds is 8. The van der Waals surface area contributed by atoms with E-state index in [4.69, 9.17) is 9.47 Å². The van der Waals surface area contributed by atoms with E-state index in [9.17, 15) is 4.79 Å². The maximum Gasteiger partial charge on any atom is 0.265 e. The fourth-order valence-electron chi connectivity index (χ4n) is 3.04. The molecule has 0 bridgehead atoms. The lowest BCUT2D eigenvalue weighted by atomic mass is 9.99. The Kier molecular flexibility index (Phi) is 6.56. The van der Waals surface area contributed by atoms with Crippen molar-refractivity contribution in [1.82, 2.24) is 0 Å². The Balaban J connectivity index is 1.73. The quantitative estimate of drug-likeness (QED) is 0.669. The molecule has 0 atom stereocenters. The molecule has 0 unspecified atom stereocenters. The molecule has 5 heteroatoms. The second-order valence-corrected chi connectivity index (χ2v) is 7.72. The van der Waals surface area contributed by atoms with Gasteiger partial charge in [0.25, 0.3) is 5.91 Å². The van der Waals surface area contributed by atoms with Crippen LogP contribution in [0.1, 0.15) is 59.6 Å². The molecule has 2 aromatic rings. The molecule has 0 saturated heterocycles. The van der Waals surface area contributed by atoms with Crippen LogP contribution in [0, 0.1) is 0 Å². The van der Waals surface area contributed by atoms with Gasteiger partial charge in [0.2, 0.25) is 0 Å². The summed E-state index contributed by atoms with van der Waals surface area (Å²) in [6.45, 7) is 5.41. The largest absolute Gasteiger partial charge is 0.490 e. The third-order valence-corrected chi connectivity index (χ3v) is 5.58. The summed E-state index contributed by atoms with van der Waals surface area (Å²) in [5.41, 5.74) is 2.08. The Labute approximate surface area is 159 Å². The molecule has 1 aromatic heterocycles. The molecule has 140 valence electrons. The van der Waals surface area contributed by atoms with Gasteiger partial charge in [-0.2, -0.15) is 0 Å². The highest BCUT2D eigenvalue weighted by Gasteiger charge is 2.18. The van der Waals surface area contributed by atoms with E-state index in [0.29, 0.717) is 19.0 Å². The maximum atomic E-state index is 12.6. The van der Waals surface area contributed by atoms with Crippen molar-refractivity contribution in [2.24, 2.45) is 0 Å². The zero-order valence-corrected chi connectivity index (χ0v) is 16.4. The number of nitrogens with one attached hydrogen (secondary N) is 1. The van der Waals surface area contributed by atoms with Crippen molar-refractivity contribution in [2.75, 3.05) is 18.5 Å². The molecule has 26 heavy (non-hydrogen) atoms. The number of thiophene rings is 1. The number of hydrogen-bond acceptors (Lipinski definition) is 4. The van der Waals surface area contributed by atoms with E-state index < -0.39 is 0 Å². The van der Waals surface area contributed by atoms with Crippen molar-refractivity contribution in [2.45, 2.75) is 52.4 Å². The minimum Gasteiger partial charge on any atom is -0.490 e. The fourth-order valence-corrected chi connectivity index (χ4v) is 4.19. The van der Waals surface area contributed by atoms with Gasteiger partial charge in [-0.25, -0.2) is 0 Å². The summed E-state index contributed by atoms with van der Waals surface area (Å²) in [7, 11) is 0. The van der Waals surface area contributed by atoms with E-state index in [-0.39, 0.29) is 5.91 Å². The number of amides is 1. The molecule has 0 spiro atoms. The monoisotopic (exact) mass is 373 g/mol. The van der Waals surface area contributed by atoms with E-state index in [1.807, 2.05) is 18.2 Å². The van der Waals surface area contributed by atoms with E-state index in [2.05, 4.69) is 25.2 Å². The fraction of sp³-hybridized carbons (Fsp3) is 0.476. The van der Waals surface area contributed by atoms with Crippen molar-refractivity contribution in [1.29, 1.82) is 0 Å². The second-order valence-electron chi connectivity index (χ2n) is 6.58. The smallest absolute Gasteiger partial charge is 0.265 e. The average molecular weight is 374 g/mol. The lowest BCUT2D eigenvalue weighted by molar-refractivity contribution is 0.103. The van der Waals surface area contributed by atoms with Crippen LogP contribution in [0.2, 0.25) is 0 Å². The number of aryl methyl sites for hydroxylation is 2. The Bertz CT molecular complexity index is 730. The van der Waals surface area contributed by atoms with Gasteiger partial charge >= 0.3 is 0 Å². The lowest BCUT2D eigenvalue weighted by Crippen LogP contribution is -2.10. The van der Waals surface area contributed by atoms with Crippen LogP contribution in [0.25, 0.3) is 0 Å². The normalized spacial score (nSPS) is 13.2. The van der Waals surface area contributed by atoms with Gasteiger partial charge in [-0.05, 0) is 62.3 Å². The van der Waals surface area contributed by atoms with E-state index in [0.717, 1.165) is 42.0 Å². The minimum absolute atomic E-state index is 0.0481. The number of carbonyl (C=O) groups excluding carboxylic acids is 1. The van der Waals surface area contributed by atoms with Crippen LogP contribution < -0.4 is 14.8 Å². The van der Waals surface area contributed by atoms with Gasteiger partial charge in [-0.1, -0.05) is 13.8 Å². The molecule has 0 saturated carbocycles. The van der Waals surface area contributed by atoms with E-state index >= 15 is 0 Å². The molecule has 1 amide bonds. The third kappa shape index (κ3) is 4.58. The Morgan fingerprint density at radius 1 is 1.04 bits per heavy atom. The minimum atomic E-state index is -0.0481. The summed E-state index contributed by atoms with van der Waals surface area (Å²) < 4.78 is 11.6. The standard InChI is InChI=1S/C21H27NO3S/c1-3-11-24-17-10-9-16(14-18(17)25-12-4-2)22-21(23)20-13-15-7-5-6-8-19(15)26-20/h9-10,13-14H,3-8,11-12H2,1-2H3,(H,22,23). The average Bonchev–Trinajstić information content (AvgIpc) is 3.10. The third-order valence-electron chi connectivity index (χ3n) is 4.35. The SMILES string of the molecule is CCCOc1ccc(NC(=O)c2cc3c(s2)CCCC3)cc1OCCC. The van der Waals surface area contributed by atoms with Crippen LogP contribution in [-0.4, -0.2) is 19.1 Å². The number of carbonyl (C=O) groups is 1. The van der Waals surface area contributed by atoms with E-state index in [1.54, 1.807) is 11.3 Å². The molecule has 1 aliphatic carbocycles. The van der Waals surface area contributed by atoms with Crippen molar-refractivity contribution in [3.63, 3.8) is 0 Å². The molecule has 4 nitrogen and oxygen atoms in total. The summed E-state index contributed by atoms with van der Waals surface area (Å²) in [4.78, 5) is 14.8. The Morgan fingerprint density at radius 2 is 1.77 bits per heavy atom. The van der Waals surface area contributed by atoms with Gasteiger partial charge in [0, 0.05) is 16.6 Å². The van der Waals surface area contributed by atoms with Gasteiger partial charge in [-0.3, -0.25) is 4.79 Å². The zero-order valence-electron chi connectivity index (χ0n) is 15.6. The number of benzene rings is 1. The summed E-state index contributed by atoms with van der Waals surface area (Å²) >= 11 is 1.63. The zero-order chi connectivity index (χ0) is 18.4. The number of ether oxygens (including phenoxy) is 2. The molecule has 0 radical (unpaired) electrons. The molecule has 1 heterocycles. The Hall–Kier alpha value is -2.01. The highest BCUT2D eigenvalue weighted by atomic mass is 32.1. The predicted molar refractivity (Wildman–Crippen MR) is 107 cm³/mol. The Morgan fingerprint density at radius 3 is 2.50 bits per heavy atom. The first-order valence-electron chi connectivity index (χ1n) is 9.53. The summed E-state index contributed by atoms with van der Waals surface area (Å²) in [6.07, 6.45) is 6.51. The summed E-state index contributed by atoms with van der Waals surface area (Å²) in [6, 6.07) is 7.65. The molecule has 0 fully saturated rings. The summed E-state index contributed by atoms with van der Waals surface area (Å²) in [5.74, 6) is 1.36. The van der Waals surface area contributed by atoms with Crippen LogP contribution >= 0.6 is 11.3 Å². The molecular weight excluding hydrogens is 346 g/mol. The second kappa shape index (κ2) is 9.08. The first-order valence-corrected chi connectivity index (χ1v) is 10.4. The van der Waals surface area contributed by atoms with Crippen LogP contribution in [-0.2, 0) is 12.8 Å². The van der Waals surface area contributed by atoms with E-state index in [1.165, 1.54) is 23.3 Å². The van der Waals surface area contributed by atoms with Crippen LogP contribution in [0.15, 0.2) is 24.3 Å². The molecule has 1 N–H and O–H groups in total. The topological polar surface area (TPSA) is 47.6 Å². The van der Waals surface area contributed by atoms with Gasteiger partial charge in [0.15, 0.2) is 11.5 Å². The lowest BCUT2D eigenvalue weighted by Gasteiger charge is -2.14. The molecule has 1 aromatic carbocycles. The highest BCUT2D eigenvalue weighted by Crippen LogP contribution is 2.33. The van der Waals surface area contributed by atoms with Gasteiger partial charge in [0.05, 0.1) is 18.1 Å². The molecule has 0 aliphatic heterocycles. The van der Waals surface area contributed by atoms with Crippen molar-refractivity contribution < 1.29 is 14.3 Å². The predicted octanol–water partition coefficient (Wildman–Crippen LogP) is 5.46. The van der Waals surface area contributed by atoms with Gasteiger partial charge in [0.1, 0.15) is 0 Å². The first-order chi connectivity index (χ1) is 12.7. The van der Waals surface area contributed by atoms with Gasteiger partial charge < -0.3 is 14.8 Å². The maximum absolute atomic E-state index is 12.6. The molecule has 1 aliphatic rings. The van der Waals surface area contributed by atoms with Crippen LogP contribution in [0.4, 0.5) is 5.69 Å². The number of fused-ring (bicyclic) bond motifs is 1. The number of anilines is 1. The van der Waals surface area contributed by atoms with Crippen molar-refractivity contribution in [3.8, 4) is 11.5 Å². The van der Waals surface area contributed by atoms with Gasteiger partial charge in [-0.15, -0.1) is 11.3 Å².